The molecule has 2 aromatic carbocycles. The fourth-order valence-corrected chi connectivity index (χ4v) is 6.97. The maximum Gasteiger partial charge on any atom is 0.326 e. The summed E-state index contributed by atoms with van der Waals surface area (Å²) in [6.07, 6.45) is 6.31. The maximum absolute atomic E-state index is 13.6. The van der Waals surface area contributed by atoms with Crippen LogP contribution >= 0.6 is 24.0 Å². The Morgan fingerprint density at radius 1 is 1.13 bits per heavy atom. The van der Waals surface area contributed by atoms with Crippen molar-refractivity contribution in [3.05, 3.63) is 76.9 Å². The van der Waals surface area contributed by atoms with Gasteiger partial charge in [0.25, 0.3) is 11.8 Å². The second-order valence-corrected chi connectivity index (χ2v) is 13.3. The number of carboxylic acids is 1. The molecule has 11 heteroatoms. The molecule has 0 aliphatic heterocycles. The van der Waals surface area contributed by atoms with E-state index in [-0.39, 0.29) is 18.4 Å². The number of thiocarbonyl (C=S) groups is 1. The van der Waals surface area contributed by atoms with E-state index in [2.05, 4.69) is 19.2 Å². The molecule has 0 radical (unpaired) electrons. The first-order valence-corrected chi connectivity index (χ1v) is 17.0. The number of aliphatic carboxylic acids is 1. The SMILES string of the molecule is CCCC1CC(C)C(N(C)C(=O)/C(=C/c2ccc(-c3cc(OC)cc(OCC(=O)NC(Cc4ccccc4)C(=O)O)c3)o2)SC=S)C1. The number of methoxy groups -OCH3 is 1. The number of hydrogen-bond acceptors (Lipinski definition) is 8. The minimum Gasteiger partial charge on any atom is -0.497 e. The van der Waals surface area contributed by atoms with E-state index in [4.69, 9.17) is 26.1 Å². The second-order valence-electron chi connectivity index (χ2n) is 11.8. The Morgan fingerprint density at radius 3 is 2.55 bits per heavy atom. The molecule has 4 rings (SSSR count). The summed E-state index contributed by atoms with van der Waals surface area (Å²) >= 11 is 6.30. The summed E-state index contributed by atoms with van der Waals surface area (Å²) in [4.78, 5) is 40.3. The van der Waals surface area contributed by atoms with Crippen LogP contribution in [0.1, 0.15) is 50.9 Å². The number of carboxylic acid groups (broad SMARTS) is 1. The molecule has 1 aliphatic carbocycles. The smallest absolute Gasteiger partial charge is 0.326 e. The highest BCUT2D eigenvalue weighted by Crippen LogP contribution is 2.38. The molecule has 47 heavy (non-hydrogen) atoms. The summed E-state index contributed by atoms with van der Waals surface area (Å²) in [7, 11) is 3.38. The number of furan rings is 1. The van der Waals surface area contributed by atoms with Crippen molar-refractivity contribution in [3.63, 3.8) is 0 Å². The molecule has 0 saturated heterocycles. The molecule has 4 unspecified atom stereocenters. The Labute approximate surface area is 285 Å². The van der Waals surface area contributed by atoms with Gasteiger partial charge in [0.1, 0.15) is 29.1 Å². The van der Waals surface area contributed by atoms with Crippen LogP contribution < -0.4 is 14.8 Å². The van der Waals surface area contributed by atoms with Gasteiger partial charge in [-0.3, -0.25) is 9.59 Å². The van der Waals surface area contributed by atoms with E-state index in [1.807, 2.05) is 30.1 Å². The molecule has 1 fully saturated rings. The third-order valence-corrected chi connectivity index (χ3v) is 9.35. The monoisotopic (exact) mass is 678 g/mol. The van der Waals surface area contributed by atoms with Gasteiger partial charge in [0.15, 0.2) is 6.61 Å². The van der Waals surface area contributed by atoms with Gasteiger partial charge in [0.2, 0.25) is 0 Å². The topological polar surface area (TPSA) is 118 Å². The van der Waals surface area contributed by atoms with Crippen LogP contribution in [0.4, 0.5) is 0 Å². The number of rotatable bonds is 16. The third kappa shape index (κ3) is 9.95. The van der Waals surface area contributed by atoms with Crippen LogP contribution in [-0.4, -0.2) is 65.3 Å². The first-order chi connectivity index (χ1) is 22.6. The summed E-state index contributed by atoms with van der Waals surface area (Å²) < 4.78 is 18.8. The van der Waals surface area contributed by atoms with Crippen LogP contribution in [0.5, 0.6) is 11.5 Å². The molecule has 250 valence electrons. The lowest BCUT2D eigenvalue weighted by molar-refractivity contribution is -0.142. The fourth-order valence-electron chi connectivity index (χ4n) is 6.12. The number of thioether (sulfide) groups is 1. The lowest BCUT2D eigenvalue weighted by Gasteiger charge is -2.28. The standard InChI is InChI=1S/C36H42N2O7S2/c1-5-9-25-14-23(2)31(16-25)38(3)35(40)33(47-22-46)20-27-12-13-32(45-27)26-17-28(43-4)19-29(18-26)44-21-34(39)37-30(36(41)42)15-24-10-7-6-8-11-24/h6-8,10-13,17-20,22-23,25,30-31H,5,9,14-16,21H2,1-4H3,(H,37,39)(H,41,42)/b33-20-. The predicted molar refractivity (Wildman–Crippen MR) is 188 cm³/mol. The van der Waals surface area contributed by atoms with Gasteiger partial charge < -0.3 is 29.2 Å². The molecule has 1 aliphatic rings. The van der Waals surface area contributed by atoms with Crippen molar-refractivity contribution in [2.45, 2.75) is 58.0 Å². The highest BCUT2D eigenvalue weighted by molar-refractivity contribution is 8.24. The average molecular weight is 679 g/mol. The molecule has 1 aromatic heterocycles. The Kier molecular flexibility index (Phi) is 13.1. The molecule has 4 atom stereocenters. The number of ether oxygens (including phenoxy) is 2. The van der Waals surface area contributed by atoms with E-state index in [1.165, 1.54) is 30.0 Å². The van der Waals surface area contributed by atoms with Gasteiger partial charge in [-0.25, -0.2) is 4.79 Å². The largest absolute Gasteiger partial charge is 0.497 e. The minimum absolute atomic E-state index is 0.0905. The lowest BCUT2D eigenvalue weighted by atomic mass is 10.0. The van der Waals surface area contributed by atoms with E-state index >= 15 is 0 Å². The molecular weight excluding hydrogens is 637 g/mol. The Morgan fingerprint density at radius 2 is 1.87 bits per heavy atom. The van der Waals surface area contributed by atoms with Gasteiger partial charge in [0, 0.05) is 41.9 Å². The van der Waals surface area contributed by atoms with Gasteiger partial charge in [0.05, 0.1) is 12.0 Å². The van der Waals surface area contributed by atoms with Gasteiger partial charge in [-0.2, -0.15) is 0 Å². The van der Waals surface area contributed by atoms with Crippen molar-refractivity contribution < 1.29 is 33.4 Å². The van der Waals surface area contributed by atoms with E-state index < -0.39 is 24.5 Å². The Hall–Kier alpha value is -4.09. The predicted octanol–water partition coefficient (Wildman–Crippen LogP) is 6.85. The van der Waals surface area contributed by atoms with Crippen LogP contribution in [0, 0.1) is 11.8 Å². The normalized spacial score (nSPS) is 18.3. The molecule has 2 amide bonds. The van der Waals surface area contributed by atoms with Crippen molar-refractivity contribution >= 4 is 52.5 Å². The zero-order chi connectivity index (χ0) is 33.9. The number of carbonyl (C=O) groups excluding carboxylic acids is 2. The highest BCUT2D eigenvalue weighted by Gasteiger charge is 2.36. The summed E-state index contributed by atoms with van der Waals surface area (Å²) in [6.45, 7) is 4.02. The van der Waals surface area contributed by atoms with Crippen molar-refractivity contribution in [2.75, 3.05) is 20.8 Å². The first-order valence-electron chi connectivity index (χ1n) is 15.7. The molecular formula is C36H42N2O7S2. The maximum atomic E-state index is 13.6. The van der Waals surface area contributed by atoms with Crippen molar-refractivity contribution in [2.24, 2.45) is 11.8 Å². The van der Waals surface area contributed by atoms with Crippen LogP contribution in [0.3, 0.4) is 0 Å². The van der Waals surface area contributed by atoms with E-state index in [0.717, 1.165) is 24.8 Å². The summed E-state index contributed by atoms with van der Waals surface area (Å²) in [5, 5.41) is 12.1. The molecule has 3 aromatic rings. The zero-order valence-electron chi connectivity index (χ0n) is 27.1. The summed E-state index contributed by atoms with van der Waals surface area (Å²) in [6, 6.07) is 16.8. The molecule has 1 saturated carbocycles. The number of nitrogens with one attached hydrogen (secondary N) is 1. The molecule has 1 heterocycles. The third-order valence-electron chi connectivity index (χ3n) is 8.42. The van der Waals surface area contributed by atoms with E-state index in [1.54, 1.807) is 48.5 Å². The lowest BCUT2D eigenvalue weighted by Crippen LogP contribution is -2.44. The van der Waals surface area contributed by atoms with Gasteiger partial charge >= 0.3 is 5.97 Å². The minimum atomic E-state index is -1.14. The number of likely N-dealkylation sites (N-methyl/N-ethyl adjacent to an activating group) is 1. The number of amides is 2. The Balaban J connectivity index is 1.45. The Bertz CT molecular complexity index is 1570. The van der Waals surface area contributed by atoms with Crippen LogP contribution in [0.25, 0.3) is 17.4 Å². The van der Waals surface area contributed by atoms with Crippen molar-refractivity contribution in [1.82, 2.24) is 10.2 Å². The number of hydrogen-bond donors (Lipinski definition) is 2. The fraction of sp³-hybridized carbons (Fsp3) is 0.389. The quantitative estimate of drug-likeness (QED) is 0.124. The second kappa shape index (κ2) is 17.2. The molecule has 2 N–H and O–H groups in total. The number of nitrogens with zero attached hydrogens (tertiary/aromatic N) is 1. The van der Waals surface area contributed by atoms with Gasteiger partial charge in [-0.05, 0) is 54.5 Å². The summed E-state index contributed by atoms with van der Waals surface area (Å²) in [5.74, 6) is 1.05. The first kappa shape index (κ1) is 35.8. The van der Waals surface area contributed by atoms with Crippen LogP contribution in [0.15, 0.2) is 70.0 Å². The number of benzene rings is 2. The number of carbonyl (C=O) groups is 3. The van der Waals surface area contributed by atoms with Gasteiger partial charge in [-0.15, -0.1) is 0 Å². The zero-order valence-corrected chi connectivity index (χ0v) is 28.8. The molecule has 9 nitrogen and oxygen atoms in total. The van der Waals surface area contributed by atoms with E-state index in [0.29, 0.717) is 45.3 Å². The van der Waals surface area contributed by atoms with Crippen LogP contribution in [-0.2, 0) is 20.8 Å². The molecule has 0 bridgehead atoms. The van der Waals surface area contributed by atoms with Gasteiger partial charge in [-0.1, -0.05) is 81.0 Å². The van der Waals surface area contributed by atoms with E-state index in [9.17, 15) is 19.5 Å². The van der Waals surface area contributed by atoms with Crippen molar-refractivity contribution in [1.29, 1.82) is 0 Å². The highest BCUT2D eigenvalue weighted by atomic mass is 32.2. The van der Waals surface area contributed by atoms with Crippen molar-refractivity contribution in [3.8, 4) is 22.8 Å². The molecule has 0 spiro atoms. The summed E-state index contributed by atoms with van der Waals surface area (Å²) in [5.41, 5.74) is 1.42. The average Bonchev–Trinajstić information content (AvgIpc) is 3.69. The van der Waals surface area contributed by atoms with Crippen LogP contribution in [0.2, 0.25) is 0 Å².